The molecule has 0 aliphatic rings. The second-order valence-corrected chi connectivity index (χ2v) is 6.89. The van der Waals surface area contributed by atoms with Crippen LogP contribution in [0.1, 0.15) is 13.3 Å². The Kier molecular flexibility index (Phi) is 4.93. The van der Waals surface area contributed by atoms with Crippen molar-refractivity contribution in [1.29, 1.82) is 0 Å². The van der Waals surface area contributed by atoms with Crippen molar-refractivity contribution in [2.24, 2.45) is 0 Å². The highest BCUT2D eigenvalue weighted by Crippen LogP contribution is 2.28. The van der Waals surface area contributed by atoms with Gasteiger partial charge in [-0.3, -0.25) is 10.1 Å². The zero-order valence-corrected chi connectivity index (χ0v) is 14.9. The van der Waals surface area contributed by atoms with Crippen LogP contribution in [-0.4, -0.2) is 17.0 Å². The summed E-state index contributed by atoms with van der Waals surface area (Å²) < 4.78 is 7.76. The first-order valence-corrected chi connectivity index (χ1v) is 8.85. The van der Waals surface area contributed by atoms with Crippen LogP contribution in [0, 0.1) is 0 Å². The lowest BCUT2D eigenvalue weighted by Gasteiger charge is -2.16. The Hall–Kier alpha value is -1.92. The van der Waals surface area contributed by atoms with E-state index in [2.05, 4.69) is 26.2 Å². The first kappa shape index (κ1) is 16.0. The van der Waals surface area contributed by atoms with E-state index in [-0.39, 0.29) is 5.91 Å². The maximum absolute atomic E-state index is 12.4. The van der Waals surface area contributed by atoms with Crippen LogP contribution in [0.25, 0.3) is 10.2 Å². The molecule has 1 atom stereocenters. The van der Waals surface area contributed by atoms with Gasteiger partial charge in [0.2, 0.25) is 0 Å². The molecule has 6 heteroatoms. The van der Waals surface area contributed by atoms with Gasteiger partial charge in [-0.25, -0.2) is 4.98 Å². The molecular weight excluding hydrogens is 376 g/mol. The van der Waals surface area contributed by atoms with Gasteiger partial charge in [0.15, 0.2) is 11.2 Å². The first-order valence-electron chi connectivity index (χ1n) is 7.24. The van der Waals surface area contributed by atoms with Crippen molar-refractivity contribution < 1.29 is 9.53 Å². The number of aromatic nitrogens is 1. The SMILES string of the molecule is CCC(Oc1ccccc1)C(=O)Nc1nc2ccc(Br)cc2s1. The van der Waals surface area contributed by atoms with Crippen molar-refractivity contribution in [3.8, 4) is 5.75 Å². The summed E-state index contributed by atoms with van der Waals surface area (Å²) in [5.74, 6) is 0.497. The third kappa shape index (κ3) is 3.89. The fourth-order valence-electron chi connectivity index (χ4n) is 2.12. The second kappa shape index (κ2) is 7.10. The minimum Gasteiger partial charge on any atom is -0.481 e. The molecule has 2 aromatic carbocycles. The molecule has 0 saturated heterocycles. The molecule has 0 bridgehead atoms. The molecule has 118 valence electrons. The summed E-state index contributed by atoms with van der Waals surface area (Å²) in [7, 11) is 0. The number of para-hydroxylation sites is 1. The fraction of sp³-hybridized carbons (Fsp3) is 0.176. The number of hydrogen-bond donors (Lipinski definition) is 1. The van der Waals surface area contributed by atoms with Crippen LogP contribution >= 0.6 is 27.3 Å². The van der Waals surface area contributed by atoms with Crippen LogP contribution in [0.5, 0.6) is 5.75 Å². The fourth-order valence-corrected chi connectivity index (χ4v) is 3.54. The summed E-state index contributed by atoms with van der Waals surface area (Å²) in [4.78, 5) is 16.8. The number of carbonyl (C=O) groups is 1. The van der Waals surface area contributed by atoms with Crippen LogP contribution < -0.4 is 10.1 Å². The van der Waals surface area contributed by atoms with Gasteiger partial charge in [-0.15, -0.1) is 0 Å². The van der Waals surface area contributed by atoms with Crippen molar-refractivity contribution >= 4 is 48.5 Å². The molecule has 3 aromatic rings. The van der Waals surface area contributed by atoms with E-state index in [9.17, 15) is 4.79 Å². The molecule has 1 unspecified atom stereocenters. The maximum atomic E-state index is 12.4. The molecule has 0 aliphatic heterocycles. The quantitative estimate of drug-likeness (QED) is 0.676. The van der Waals surface area contributed by atoms with E-state index in [4.69, 9.17) is 4.74 Å². The van der Waals surface area contributed by atoms with Crippen molar-refractivity contribution in [1.82, 2.24) is 4.98 Å². The lowest BCUT2D eigenvalue weighted by Crippen LogP contribution is -2.32. The molecule has 3 rings (SSSR count). The molecule has 1 amide bonds. The van der Waals surface area contributed by atoms with Gasteiger partial charge in [-0.2, -0.15) is 0 Å². The van der Waals surface area contributed by atoms with E-state index in [0.29, 0.717) is 17.3 Å². The van der Waals surface area contributed by atoms with Gasteiger partial charge in [-0.05, 0) is 36.8 Å². The Bertz CT molecular complexity index is 820. The summed E-state index contributed by atoms with van der Waals surface area (Å²) in [5.41, 5.74) is 0.866. The second-order valence-electron chi connectivity index (χ2n) is 4.95. The van der Waals surface area contributed by atoms with E-state index in [1.54, 1.807) is 0 Å². The Morgan fingerprint density at radius 3 is 2.83 bits per heavy atom. The molecule has 1 heterocycles. The predicted octanol–water partition coefficient (Wildman–Crippen LogP) is 4.85. The van der Waals surface area contributed by atoms with Gasteiger partial charge in [0.1, 0.15) is 5.75 Å². The molecule has 4 nitrogen and oxygen atoms in total. The average molecular weight is 391 g/mol. The number of fused-ring (bicyclic) bond motifs is 1. The summed E-state index contributed by atoms with van der Waals surface area (Å²) in [6.45, 7) is 1.92. The summed E-state index contributed by atoms with van der Waals surface area (Å²) in [6, 6.07) is 15.2. The van der Waals surface area contributed by atoms with E-state index >= 15 is 0 Å². The number of nitrogens with zero attached hydrogens (tertiary/aromatic N) is 1. The van der Waals surface area contributed by atoms with Gasteiger partial charge in [0.25, 0.3) is 5.91 Å². The zero-order chi connectivity index (χ0) is 16.2. The largest absolute Gasteiger partial charge is 0.481 e. The topological polar surface area (TPSA) is 51.2 Å². The van der Waals surface area contributed by atoms with Gasteiger partial charge < -0.3 is 4.74 Å². The monoisotopic (exact) mass is 390 g/mol. The lowest BCUT2D eigenvalue weighted by molar-refractivity contribution is -0.122. The Balaban J connectivity index is 1.73. The van der Waals surface area contributed by atoms with Crippen molar-refractivity contribution in [3.63, 3.8) is 0 Å². The molecule has 0 radical (unpaired) electrons. The van der Waals surface area contributed by atoms with Crippen molar-refractivity contribution in [2.45, 2.75) is 19.4 Å². The zero-order valence-electron chi connectivity index (χ0n) is 12.5. The molecule has 0 fully saturated rings. The van der Waals surface area contributed by atoms with E-state index in [1.807, 2.05) is 55.5 Å². The van der Waals surface area contributed by atoms with Crippen LogP contribution in [0.3, 0.4) is 0 Å². The van der Waals surface area contributed by atoms with E-state index in [1.165, 1.54) is 11.3 Å². The number of hydrogen-bond acceptors (Lipinski definition) is 4. The van der Waals surface area contributed by atoms with Gasteiger partial charge in [0, 0.05) is 4.47 Å². The highest BCUT2D eigenvalue weighted by molar-refractivity contribution is 9.10. The number of nitrogens with one attached hydrogen (secondary N) is 1. The lowest BCUT2D eigenvalue weighted by atomic mass is 10.2. The van der Waals surface area contributed by atoms with Crippen LogP contribution in [0.2, 0.25) is 0 Å². The third-order valence-electron chi connectivity index (χ3n) is 3.27. The number of carbonyl (C=O) groups excluding carboxylic acids is 1. The van der Waals surface area contributed by atoms with Crippen LogP contribution in [0.15, 0.2) is 53.0 Å². The normalized spacial score (nSPS) is 12.1. The molecule has 1 aromatic heterocycles. The average Bonchev–Trinajstić information content (AvgIpc) is 2.94. The van der Waals surface area contributed by atoms with Gasteiger partial charge in [-0.1, -0.05) is 52.4 Å². The number of amides is 1. The molecule has 23 heavy (non-hydrogen) atoms. The van der Waals surface area contributed by atoms with E-state index in [0.717, 1.165) is 14.7 Å². The Morgan fingerprint density at radius 1 is 1.30 bits per heavy atom. The molecule has 0 spiro atoms. The van der Waals surface area contributed by atoms with Crippen molar-refractivity contribution in [2.75, 3.05) is 5.32 Å². The van der Waals surface area contributed by atoms with E-state index < -0.39 is 6.10 Å². The summed E-state index contributed by atoms with van der Waals surface area (Å²) in [5, 5.41) is 3.43. The molecular formula is C17H15BrN2O2S. The minimum atomic E-state index is -0.545. The number of thiazole rings is 1. The van der Waals surface area contributed by atoms with Gasteiger partial charge in [0.05, 0.1) is 10.2 Å². The number of anilines is 1. The smallest absolute Gasteiger partial charge is 0.267 e. The molecule has 0 aliphatic carbocycles. The number of ether oxygens (including phenoxy) is 1. The third-order valence-corrected chi connectivity index (χ3v) is 4.69. The Labute approximate surface area is 146 Å². The van der Waals surface area contributed by atoms with Gasteiger partial charge >= 0.3 is 0 Å². The number of rotatable bonds is 5. The molecule has 0 saturated carbocycles. The standard InChI is InChI=1S/C17H15BrN2O2S/c1-2-14(22-12-6-4-3-5-7-12)16(21)20-17-19-13-9-8-11(18)10-15(13)23-17/h3-10,14H,2H2,1H3,(H,19,20,21). The number of halogens is 1. The highest BCUT2D eigenvalue weighted by atomic mass is 79.9. The predicted molar refractivity (Wildman–Crippen MR) is 97.1 cm³/mol. The van der Waals surface area contributed by atoms with Crippen molar-refractivity contribution in [3.05, 3.63) is 53.0 Å². The molecule has 1 N–H and O–H groups in total. The first-order chi connectivity index (χ1) is 11.2. The van der Waals surface area contributed by atoms with Crippen LogP contribution in [-0.2, 0) is 4.79 Å². The maximum Gasteiger partial charge on any atom is 0.267 e. The minimum absolute atomic E-state index is 0.186. The highest BCUT2D eigenvalue weighted by Gasteiger charge is 2.19. The summed E-state index contributed by atoms with van der Waals surface area (Å²) in [6.07, 6.45) is 0.0353. The summed E-state index contributed by atoms with van der Waals surface area (Å²) >= 11 is 4.88. The Morgan fingerprint density at radius 2 is 2.09 bits per heavy atom. The number of benzene rings is 2. The van der Waals surface area contributed by atoms with Crippen LogP contribution in [0.4, 0.5) is 5.13 Å².